The first-order valence-corrected chi connectivity index (χ1v) is 5.90. The van der Waals surface area contributed by atoms with Gasteiger partial charge in [-0.1, -0.05) is 13.0 Å². The van der Waals surface area contributed by atoms with Crippen LogP contribution in [0, 0.1) is 5.41 Å². The van der Waals surface area contributed by atoms with E-state index in [9.17, 15) is 10.2 Å². The number of aliphatic hydroxyl groups excluding tert-OH is 2. The van der Waals surface area contributed by atoms with Crippen molar-refractivity contribution in [1.29, 1.82) is 0 Å². The van der Waals surface area contributed by atoms with Gasteiger partial charge in [0.1, 0.15) is 0 Å². The van der Waals surface area contributed by atoms with E-state index in [0.29, 0.717) is 6.54 Å². The molecule has 0 aromatic carbocycles. The average Bonchev–Trinajstić information content (AvgIpc) is 2.37. The highest BCUT2D eigenvalue weighted by molar-refractivity contribution is 5.03. The second kappa shape index (κ2) is 6.69. The van der Waals surface area contributed by atoms with Crippen LogP contribution < -0.4 is 0 Å². The zero-order valence-corrected chi connectivity index (χ0v) is 10.6. The SMILES string of the molecule is CN(CCc1ccccn1)CC(C)(CO)CO. The van der Waals surface area contributed by atoms with Gasteiger partial charge in [0.2, 0.25) is 0 Å². The Labute approximate surface area is 103 Å². The van der Waals surface area contributed by atoms with Crippen LogP contribution in [-0.4, -0.2) is 53.4 Å². The smallest absolute Gasteiger partial charge is 0.0519 e. The highest BCUT2D eigenvalue weighted by Crippen LogP contribution is 2.15. The van der Waals surface area contributed by atoms with Crippen LogP contribution in [0.4, 0.5) is 0 Å². The summed E-state index contributed by atoms with van der Waals surface area (Å²) in [7, 11) is 1.99. The molecule has 0 aliphatic carbocycles. The molecule has 0 bridgehead atoms. The summed E-state index contributed by atoms with van der Waals surface area (Å²) in [6, 6.07) is 5.89. The van der Waals surface area contributed by atoms with Gasteiger partial charge in [-0.15, -0.1) is 0 Å². The topological polar surface area (TPSA) is 56.6 Å². The molecular weight excluding hydrogens is 216 g/mol. The van der Waals surface area contributed by atoms with Crippen molar-refractivity contribution in [2.24, 2.45) is 5.41 Å². The molecule has 1 heterocycles. The lowest BCUT2D eigenvalue weighted by Gasteiger charge is -2.30. The molecule has 4 heteroatoms. The highest BCUT2D eigenvalue weighted by Gasteiger charge is 2.24. The first-order valence-electron chi connectivity index (χ1n) is 5.90. The van der Waals surface area contributed by atoms with Crippen LogP contribution in [-0.2, 0) is 6.42 Å². The molecule has 0 radical (unpaired) electrons. The van der Waals surface area contributed by atoms with E-state index in [-0.39, 0.29) is 13.2 Å². The summed E-state index contributed by atoms with van der Waals surface area (Å²) in [6.45, 7) is 3.42. The minimum Gasteiger partial charge on any atom is -0.396 e. The second-order valence-electron chi connectivity index (χ2n) is 4.94. The minimum absolute atomic E-state index is 0.00255. The van der Waals surface area contributed by atoms with E-state index in [4.69, 9.17) is 0 Å². The van der Waals surface area contributed by atoms with Gasteiger partial charge in [-0.05, 0) is 19.2 Å². The molecule has 0 amide bonds. The first kappa shape index (κ1) is 14.1. The van der Waals surface area contributed by atoms with E-state index in [1.807, 2.05) is 32.2 Å². The number of aliphatic hydroxyl groups is 2. The Morgan fingerprint density at radius 2 is 2.00 bits per heavy atom. The molecule has 0 fully saturated rings. The Hall–Kier alpha value is -0.970. The summed E-state index contributed by atoms with van der Waals surface area (Å²) in [5.41, 5.74) is 0.632. The third kappa shape index (κ3) is 4.81. The Balaban J connectivity index is 2.37. The number of likely N-dealkylation sites (N-methyl/N-ethyl adjacent to an activating group) is 1. The monoisotopic (exact) mass is 238 g/mol. The fourth-order valence-electron chi connectivity index (χ4n) is 1.73. The van der Waals surface area contributed by atoms with Gasteiger partial charge in [-0.3, -0.25) is 4.98 Å². The molecule has 0 aliphatic rings. The number of pyridine rings is 1. The molecule has 0 saturated heterocycles. The van der Waals surface area contributed by atoms with E-state index in [0.717, 1.165) is 18.7 Å². The lowest BCUT2D eigenvalue weighted by atomic mass is 9.92. The Kier molecular flexibility index (Phi) is 5.55. The third-order valence-electron chi connectivity index (χ3n) is 2.89. The Morgan fingerprint density at radius 3 is 2.53 bits per heavy atom. The summed E-state index contributed by atoms with van der Waals surface area (Å²) in [5.74, 6) is 0. The predicted molar refractivity (Wildman–Crippen MR) is 67.7 cm³/mol. The maximum Gasteiger partial charge on any atom is 0.0519 e. The highest BCUT2D eigenvalue weighted by atomic mass is 16.3. The Morgan fingerprint density at radius 1 is 1.29 bits per heavy atom. The van der Waals surface area contributed by atoms with Crippen molar-refractivity contribution in [2.75, 3.05) is 33.4 Å². The molecule has 0 saturated carbocycles. The lowest BCUT2D eigenvalue weighted by molar-refractivity contribution is 0.0422. The van der Waals surface area contributed by atoms with Gasteiger partial charge in [0, 0.05) is 36.8 Å². The number of aromatic nitrogens is 1. The standard InChI is InChI=1S/C13H22N2O2/c1-13(10-16,11-17)9-15(2)8-6-12-5-3-4-7-14-12/h3-5,7,16-17H,6,8-11H2,1-2H3. The number of hydrogen-bond acceptors (Lipinski definition) is 4. The molecule has 4 nitrogen and oxygen atoms in total. The Bertz CT molecular complexity index is 312. The molecule has 96 valence electrons. The maximum absolute atomic E-state index is 9.22. The van der Waals surface area contributed by atoms with E-state index in [1.165, 1.54) is 0 Å². The van der Waals surface area contributed by atoms with Crippen molar-refractivity contribution in [3.8, 4) is 0 Å². The first-order chi connectivity index (χ1) is 8.09. The van der Waals surface area contributed by atoms with Gasteiger partial charge < -0.3 is 15.1 Å². The summed E-state index contributed by atoms with van der Waals surface area (Å²) in [4.78, 5) is 6.37. The summed E-state index contributed by atoms with van der Waals surface area (Å²) in [6.07, 6.45) is 2.67. The average molecular weight is 238 g/mol. The molecule has 1 aromatic rings. The van der Waals surface area contributed by atoms with E-state index in [2.05, 4.69) is 9.88 Å². The van der Waals surface area contributed by atoms with Gasteiger partial charge >= 0.3 is 0 Å². The molecular formula is C13H22N2O2. The van der Waals surface area contributed by atoms with Crippen molar-refractivity contribution < 1.29 is 10.2 Å². The zero-order valence-electron chi connectivity index (χ0n) is 10.6. The van der Waals surface area contributed by atoms with Gasteiger partial charge in [0.15, 0.2) is 0 Å². The summed E-state index contributed by atoms with van der Waals surface area (Å²) >= 11 is 0. The molecule has 0 spiro atoms. The van der Waals surface area contributed by atoms with Gasteiger partial charge in [0.25, 0.3) is 0 Å². The van der Waals surface area contributed by atoms with Gasteiger partial charge in [-0.25, -0.2) is 0 Å². The van der Waals surface area contributed by atoms with Crippen LogP contribution in [0.1, 0.15) is 12.6 Å². The second-order valence-corrected chi connectivity index (χ2v) is 4.94. The van der Waals surface area contributed by atoms with Crippen LogP contribution in [0.25, 0.3) is 0 Å². The van der Waals surface area contributed by atoms with E-state index in [1.54, 1.807) is 6.20 Å². The van der Waals surface area contributed by atoms with Gasteiger partial charge in [-0.2, -0.15) is 0 Å². The summed E-state index contributed by atoms with van der Waals surface area (Å²) in [5, 5.41) is 18.4. The molecule has 0 atom stereocenters. The van der Waals surface area contributed by atoms with Crippen LogP contribution in [0.2, 0.25) is 0 Å². The molecule has 1 aromatic heterocycles. The molecule has 2 N–H and O–H groups in total. The van der Waals surface area contributed by atoms with Crippen molar-refractivity contribution in [3.63, 3.8) is 0 Å². The number of hydrogen-bond donors (Lipinski definition) is 2. The quantitative estimate of drug-likeness (QED) is 0.728. The molecule has 17 heavy (non-hydrogen) atoms. The van der Waals surface area contributed by atoms with Crippen molar-refractivity contribution in [1.82, 2.24) is 9.88 Å². The predicted octanol–water partition coefficient (Wildman–Crippen LogP) is 0.547. The number of nitrogens with zero attached hydrogens (tertiary/aromatic N) is 2. The van der Waals surface area contributed by atoms with E-state index >= 15 is 0 Å². The van der Waals surface area contributed by atoms with E-state index < -0.39 is 5.41 Å². The van der Waals surface area contributed by atoms with Crippen molar-refractivity contribution >= 4 is 0 Å². The number of rotatable bonds is 7. The third-order valence-corrected chi connectivity index (χ3v) is 2.89. The minimum atomic E-state index is -0.432. The zero-order chi connectivity index (χ0) is 12.7. The van der Waals surface area contributed by atoms with Crippen molar-refractivity contribution in [2.45, 2.75) is 13.3 Å². The van der Waals surface area contributed by atoms with Gasteiger partial charge in [0.05, 0.1) is 13.2 Å². The fourth-order valence-corrected chi connectivity index (χ4v) is 1.73. The van der Waals surface area contributed by atoms with Crippen LogP contribution in [0.15, 0.2) is 24.4 Å². The van der Waals surface area contributed by atoms with Crippen LogP contribution in [0.5, 0.6) is 0 Å². The van der Waals surface area contributed by atoms with Crippen LogP contribution >= 0.6 is 0 Å². The lowest BCUT2D eigenvalue weighted by Crippen LogP contribution is -2.39. The van der Waals surface area contributed by atoms with Crippen molar-refractivity contribution in [3.05, 3.63) is 30.1 Å². The molecule has 0 unspecified atom stereocenters. The normalized spacial score (nSPS) is 12.1. The molecule has 0 aliphatic heterocycles. The fraction of sp³-hybridized carbons (Fsp3) is 0.615. The molecule has 1 rings (SSSR count). The largest absolute Gasteiger partial charge is 0.396 e. The maximum atomic E-state index is 9.22. The van der Waals surface area contributed by atoms with Crippen LogP contribution in [0.3, 0.4) is 0 Å². The summed E-state index contributed by atoms with van der Waals surface area (Å²) < 4.78 is 0.